The van der Waals surface area contributed by atoms with E-state index in [-0.39, 0.29) is 16.2 Å². The van der Waals surface area contributed by atoms with Crippen molar-refractivity contribution in [1.29, 1.82) is 0 Å². The van der Waals surface area contributed by atoms with Crippen molar-refractivity contribution in [3.8, 4) is 17.2 Å². The third kappa shape index (κ3) is 6.96. The first kappa shape index (κ1) is 27.4. The maximum atomic E-state index is 12.8. The van der Waals surface area contributed by atoms with Crippen molar-refractivity contribution in [3.63, 3.8) is 0 Å². The normalized spacial score (nSPS) is 11.2. The Hall–Kier alpha value is -3.15. The Kier molecular flexibility index (Phi) is 9.30. The van der Waals surface area contributed by atoms with Gasteiger partial charge in [-0.2, -0.15) is 13.5 Å². The molecule has 3 aromatic rings. The first-order chi connectivity index (χ1) is 17.1. The second-order valence-electron chi connectivity index (χ2n) is 7.32. The topological polar surface area (TPSA) is 103 Å². The van der Waals surface area contributed by atoms with E-state index in [4.69, 9.17) is 13.7 Å². The molecule has 0 aromatic heterocycles. The number of nitrogens with one attached hydrogen (secondary N) is 1. The zero-order valence-corrected chi connectivity index (χ0v) is 23.3. The molecule has 3 aromatic carbocycles. The highest BCUT2D eigenvalue weighted by atomic mass is 79.9. The Labute approximate surface area is 226 Å². The van der Waals surface area contributed by atoms with E-state index < -0.39 is 16.0 Å². The van der Waals surface area contributed by atoms with Crippen LogP contribution < -0.4 is 19.1 Å². The lowest BCUT2D eigenvalue weighted by atomic mass is 10.2. The fourth-order valence-electron chi connectivity index (χ4n) is 2.93. The molecule has 0 aliphatic carbocycles. The molecule has 0 fully saturated rings. The van der Waals surface area contributed by atoms with E-state index in [0.717, 1.165) is 5.56 Å². The summed E-state index contributed by atoms with van der Waals surface area (Å²) in [5, 5.41) is 3.98. The third-order valence-electron chi connectivity index (χ3n) is 4.69. The Balaban J connectivity index is 1.82. The minimum absolute atomic E-state index is 0.00794. The summed E-state index contributed by atoms with van der Waals surface area (Å²) in [5.74, 6) is 0.347. The van der Waals surface area contributed by atoms with E-state index in [1.165, 1.54) is 31.5 Å². The van der Waals surface area contributed by atoms with Gasteiger partial charge in [-0.25, -0.2) is 5.43 Å². The second-order valence-corrected chi connectivity index (χ2v) is 10.6. The fourth-order valence-corrected chi connectivity index (χ4v) is 5.35. The predicted molar refractivity (Wildman–Crippen MR) is 145 cm³/mol. The molecule has 0 bridgehead atoms. The van der Waals surface area contributed by atoms with Gasteiger partial charge in [0.05, 0.1) is 17.8 Å². The van der Waals surface area contributed by atoms with Gasteiger partial charge in [0.2, 0.25) is 0 Å². The minimum atomic E-state index is -4.12. The van der Waals surface area contributed by atoms with Crippen molar-refractivity contribution in [2.75, 3.05) is 13.7 Å². The maximum absolute atomic E-state index is 12.8. The molecular weight excluding hydrogens is 616 g/mol. The van der Waals surface area contributed by atoms with Crippen LogP contribution in [0.3, 0.4) is 0 Å². The van der Waals surface area contributed by atoms with Crippen LogP contribution in [0.25, 0.3) is 0 Å². The molecule has 0 atom stereocenters. The average Bonchev–Trinajstić information content (AvgIpc) is 2.84. The summed E-state index contributed by atoms with van der Waals surface area (Å²) in [5.41, 5.74) is 3.91. The summed E-state index contributed by atoms with van der Waals surface area (Å²) in [6.07, 6.45) is 2.88. The summed E-state index contributed by atoms with van der Waals surface area (Å²) >= 11 is 6.69. The number of aryl methyl sites for hydroxylation is 1. The highest BCUT2D eigenvalue weighted by molar-refractivity contribution is 9.11. The van der Waals surface area contributed by atoms with Crippen LogP contribution in [0, 0.1) is 6.92 Å². The Morgan fingerprint density at radius 1 is 1.08 bits per heavy atom. The Morgan fingerprint density at radius 3 is 2.47 bits per heavy atom. The fraction of sp³-hybridized carbons (Fsp3) is 0.120. The Bertz CT molecular complexity index is 1410. The lowest BCUT2D eigenvalue weighted by molar-refractivity contribution is 0.0954. The summed E-state index contributed by atoms with van der Waals surface area (Å²) in [7, 11) is -2.65. The minimum Gasteiger partial charge on any atom is -0.493 e. The molecule has 1 N–H and O–H groups in total. The van der Waals surface area contributed by atoms with E-state index in [1.54, 1.807) is 42.5 Å². The molecule has 0 radical (unpaired) electrons. The zero-order valence-electron chi connectivity index (χ0n) is 19.3. The van der Waals surface area contributed by atoms with Crippen molar-refractivity contribution in [2.24, 2.45) is 5.10 Å². The third-order valence-corrected chi connectivity index (χ3v) is 6.97. The number of hydrazone groups is 1. The number of amides is 1. The van der Waals surface area contributed by atoms with Gasteiger partial charge >= 0.3 is 10.1 Å². The van der Waals surface area contributed by atoms with Gasteiger partial charge in [0.25, 0.3) is 5.91 Å². The first-order valence-corrected chi connectivity index (χ1v) is 13.4. The molecule has 0 heterocycles. The number of halogens is 2. The molecule has 188 valence electrons. The van der Waals surface area contributed by atoms with E-state index in [0.29, 0.717) is 32.6 Å². The summed E-state index contributed by atoms with van der Waals surface area (Å²) in [4.78, 5) is 12.6. The molecule has 1 amide bonds. The molecule has 3 rings (SSSR count). The molecule has 11 heteroatoms. The van der Waals surface area contributed by atoms with Gasteiger partial charge in [-0.15, -0.1) is 0 Å². The number of methoxy groups -OCH3 is 1. The van der Waals surface area contributed by atoms with Gasteiger partial charge in [-0.1, -0.05) is 46.3 Å². The lowest BCUT2D eigenvalue weighted by Crippen LogP contribution is -2.18. The van der Waals surface area contributed by atoms with E-state index in [1.807, 2.05) is 6.92 Å². The lowest BCUT2D eigenvalue weighted by Gasteiger charge is -2.12. The number of benzene rings is 3. The standard InChI is InChI=1S/C25H22Br2N2O6S/c1-4-11-34-22-10-7-17(13-23(22)33-3)25(30)29-28-15-18-12-19(26)14-21(27)24(18)35-36(31,32)20-8-5-16(2)6-9-20/h4-10,12-15H,1,11H2,2-3H3,(H,29,30)/b28-15+. The summed E-state index contributed by atoms with van der Waals surface area (Å²) < 4.78 is 42.9. The van der Waals surface area contributed by atoms with Crippen LogP contribution in [0.1, 0.15) is 21.5 Å². The van der Waals surface area contributed by atoms with E-state index in [2.05, 4.69) is 49.0 Å². The number of carbonyl (C=O) groups is 1. The molecule has 0 aliphatic heterocycles. The number of rotatable bonds is 10. The predicted octanol–water partition coefficient (Wildman–Crippen LogP) is 5.63. The summed E-state index contributed by atoms with van der Waals surface area (Å²) in [6, 6.07) is 14.2. The quantitative estimate of drug-likeness (QED) is 0.134. The van der Waals surface area contributed by atoms with Crippen molar-refractivity contribution in [3.05, 3.63) is 92.9 Å². The van der Waals surface area contributed by atoms with Crippen LogP contribution in [0.15, 0.2) is 86.2 Å². The molecular formula is C25H22Br2N2O6S. The highest BCUT2D eigenvalue weighted by Crippen LogP contribution is 2.34. The first-order valence-electron chi connectivity index (χ1n) is 10.4. The van der Waals surface area contributed by atoms with Crippen LogP contribution in [0.5, 0.6) is 17.2 Å². The number of ether oxygens (including phenoxy) is 2. The monoisotopic (exact) mass is 636 g/mol. The van der Waals surface area contributed by atoms with Crippen LogP contribution in [0.4, 0.5) is 0 Å². The van der Waals surface area contributed by atoms with Crippen molar-refractivity contribution < 1.29 is 26.9 Å². The van der Waals surface area contributed by atoms with E-state index in [9.17, 15) is 13.2 Å². The molecule has 0 saturated carbocycles. The van der Waals surface area contributed by atoms with Gasteiger partial charge in [0, 0.05) is 15.6 Å². The molecule has 36 heavy (non-hydrogen) atoms. The van der Waals surface area contributed by atoms with Crippen LogP contribution in [-0.4, -0.2) is 34.3 Å². The van der Waals surface area contributed by atoms with Gasteiger partial charge in [-0.05, 0) is 65.3 Å². The highest BCUT2D eigenvalue weighted by Gasteiger charge is 2.21. The van der Waals surface area contributed by atoms with Crippen LogP contribution >= 0.6 is 31.9 Å². The van der Waals surface area contributed by atoms with Crippen molar-refractivity contribution in [2.45, 2.75) is 11.8 Å². The molecule has 0 unspecified atom stereocenters. The number of hydrogen-bond acceptors (Lipinski definition) is 7. The summed E-state index contributed by atoms with van der Waals surface area (Å²) in [6.45, 7) is 5.74. The molecule has 8 nitrogen and oxygen atoms in total. The van der Waals surface area contributed by atoms with Gasteiger partial charge in [0.1, 0.15) is 11.5 Å². The Morgan fingerprint density at radius 2 is 1.81 bits per heavy atom. The van der Waals surface area contributed by atoms with Gasteiger partial charge in [-0.3, -0.25) is 4.79 Å². The SMILES string of the molecule is C=CCOc1ccc(C(=O)N/N=C/c2cc(Br)cc(Br)c2OS(=O)(=O)c2ccc(C)cc2)cc1OC. The smallest absolute Gasteiger partial charge is 0.339 e. The molecule has 0 spiro atoms. The van der Waals surface area contributed by atoms with Gasteiger partial charge in [0.15, 0.2) is 17.2 Å². The largest absolute Gasteiger partial charge is 0.493 e. The van der Waals surface area contributed by atoms with Gasteiger partial charge < -0.3 is 13.7 Å². The van der Waals surface area contributed by atoms with Crippen molar-refractivity contribution >= 4 is 54.1 Å². The van der Waals surface area contributed by atoms with E-state index >= 15 is 0 Å². The number of hydrogen-bond donors (Lipinski definition) is 1. The zero-order chi connectivity index (χ0) is 26.3. The average molecular weight is 638 g/mol. The van der Waals surface area contributed by atoms with Crippen LogP contribution in [0.2, 0.25) is 0 Å². The molecule has 0 aliphatic rings. The van der Waals surface area contributed by atoms with Crippen LogP contribution in [-0.2, 0) is 10.1 Å². The second kappa shape index (κ2) is 12.2. The number of nitrogens with zero attached hydrogens (tertiary/aromatic N) is 1. The maximum Gasteiger partial charge on any atom is 0.339 e. The van der Waals surface area contributed by atoms with Crippen molar-refractivity contribution in [1.82, 2.24) is 5.43 Å². The number of carbonyl (C=O) groups excluding carboxylic acids is 1. The molecule has 0 saturated heterocycles.